The molecular weight excluding hydrogens is 376 g/mol. The number of carbonyl (C=O) groups excluding carboxylic acids is 1. The molecule has 1 spiro atoms. The average molecular weight is 393 g/mol. The molecule has 0 radical (unpaired) electrons. The Morgan fingerprint density at radius 1 is 1.39 bits per heavy atom. The Morgan fingerprint density at radius 3 is 2.65 bits per heavy atom. The molecule has 23 heavy (non-hydrogen) atoms. The molecule has 0 aromatic heterocycles. The minimum absolute atomic E-state index is 0.0952. The van der Waals surface area contributed by atoms with Gasteiger partial charge in [0.15, 0.2) is 9.84 Å². The van der Waals surface area contributed by atoms with Gasteiger partial charge >= 0.3 is 5.97 Å². The minimum Gasteiger partial charge on any atom is -0.462 e. The van der Waals surface area contributed by atoms with E-state index < -0.39 is 15.8 Å². The highest BCUT2D eigenvalue weighted by Gasteiger charge is 2.48. The summed E-state index contributed by atoms with van der Waals surface area (Å²) in [5.74, 6) is 1.56. The van der Waals surface area contributed by atoms with Crippen molar-refractivity contribution in [3.63, 3.8) is 0 Å². The maximum atomic E-state index is 12.6. The first-order chi connectivity index (χ1) is 10.8. The van der Waals surface area contributed by atoms with Crippen LogP contribution in [0.3, 0.4) is 0 Å². The fraction of sp³-hybridized carbons (Fsp3) is 0.533. The number of thioether (sulfide) groups is 2. The van der Waals surface area contributed by atoms with Crippen molar-refractivity contribution in [3.8, 4) is 0 Å². The second-order valence-corrected chi connectivity index (χ2v) is 11.0. The Bertz CT molecular complexity index is 767. The number of halogens is 1. The van der Waals surface area contributed by atoms with Crippen LogP contribution in [0.15, 0.2) is 11.0 Å². The van der Waals surface area contributed by atoms with Crippen LogP contribution in [0.2, 0.25) is 5.02 Å². The zero-order valence-corrected chi connectivity index (χ0v) is 16.1. The van der Waals surface area contributed by atoms with Gasteiger partial charge in [-0.3, -0.25) is 0 Å². The Balaban J connectivity index is 2.30. The molecule has 3 rings (SSSR count). The summed E-state index contributed by atoms with van der Waals surface area (Å²) >= 11 is 9.81. The third kappa shape index (κ3) is 2.79. The number of hydrogen-bond acceptors (Lipinski definition) is 6. The van der Waals surface area contributed by atoms with Crippen LogP contribution in [-0.2, 0) is 18.7 Å². The SMILES string of the molecule is CCOC(=O)c1cc(Cl)c2c(c1C)C1(CCS2(=O)=O)SCCS1. The predicted octanol–water partition coefficient (Wildman–Crippen LogP) is 3.64. The molecule has 1 aromatic rings. The quantitative estimate of drug-likeness (QED) is 0.716. The van der Waals surface area contributed by atoms with Crippen molar-refractivity contribution >= 4 is 50.9 Å². The fourth-order valence-corrected chi connectivity index (χ4v) is 9.32. The van der Waals surface area contributed by atoms with E-state index in [1.165, 1.54) is 6.07 Å². The summed E-state index contributed by atoms with van der Waals surface area (Å²) in [6.45, 7) is 3.80. The summed E-state index contributed by atoms with van der Waals surface area (Å²) in [7, 11) is -3.42. The molecule has 0 unspecified atom stereocenters. The molecule has 0 aliphatic carbocycles. The lowest BCUT2D eigenvalue weighted by atomic mass is 9.97. The van der Waals surface area contributed by atoms with E-state index in [0.717, 1.165) is 11.5 Å². The van der Waals surface area contributed by atoms with Gasteiger partial charge in [0.05, 0.1) is 31.9 Å². The average Bonchev–Trinajstić information content (AvgIpc) is 2.95. The zero-order chi connectivity index (χ0) is 16.8. The molecule has 0 atom stereocenters. The van der Waals surface area contributed by atoms with Crippen LogP contribution in [0.4, 0.5) is 0 Å². The summed E-state index contributed by atoms with van der Waals surface area (Å²) in [4.78, 5) is 12.4. The van der Waals surface area contributed by atoms with Crippen molar-refractivity contribution in [2.24, 2.45) is 0 Å². The smallest absolute Gasteiger partial charge is 0.338 e. The summed E-state index contributed by atoms with van der Waals surface area (Å²) in [5, 5.41) is 0.126. The van der Waals surface area contributed by atoms with Gasteiger partial charge in [0.2, 0.25) is 0 Å². The Kier molecular flexibility index (Phi) is 4.68. The fourth-order valence-electron chi connectivity index (χ4n) is 3.15. The van der Waals surface area contributed by atoms with E-state index in [9.17, 15) is 13.2 Å². The van der Waals surface area contributed by atoms with Crippen molar-refractivity contribution in [1.29, 1.82) is 0 Å². The summed E-state index contributed by atoms with van der Waals surface area (Å²) in [6, 6.07) is 1.44. The van der Waals surface area contributed by atoms with Gasteiger partial charge in [0.25, 0.3) is 0 Å². The first kappa shape index (κ1) is 17.5. The van der Waals surface area contributed by atoms with Gasteiger partial charge in [0, 0.05) is 17.1 Å². The second-order valence-electron chi connectivity index (χ2n) is 5.47. The molecule has 4 nitrogen and oxygen atoms in total. The van der Waals surface area contributed by atoms with E-state index in [1.54, 1.807) is 37.4 Å². The third-order valence-corrected chi connectivity index (χ3v) is 9.86. The number of sulfone groups is 1. The van der Waals surface area contributed by atoms with Gasteiger partial charge in [-0.2, -0.15) is 0 Å². The van der Waals surface area contributed by atoms with Crippen LogP contribution in [0.1, 0.15) is 34.8 Å². The number of esters is 1. The number of ether oxygens (including phenoxy) is 1. The number of benzene rings is 1. The first-order valence-corrected chi connectivity index (χ1v) is 11.3. The van der Waals surface area contributed by atoms with E-state index in [0.29, 0.717) is 23.1 Å². The number of carbonyl (C=O) groups is 1. The standard InChI is InChI=1S/C15H17ClO4S3/c1-3-20-14(17)10-8-11(16)13-12(9(10)2)15(21-5-6-22-15)4-7-23(13,18)19/h8H,3-7H2,1-2H3. The molecule has 0 bridgehead atoms. The van der Waals surface area contributed by atoms with Crippen LogP contribution in [-0.4, -0.2) is 38.3 Å². The van der Waals surface area contributed by atoms with Crippen LogP contribution >= 0.6 is 35.1 Å². The molecule has 126 valence electrons. The van der Waals surface area contributed by atoms with Crippen molar-refractivity contribution in [2.45, 2.75) is 29.2 Å². The first-order valence-electron chi connectivity index (χ1n) is 7.34. The van der Waals surface area contributed by atoms with E-state index >= 15 is 0 Å². The number of rotatable bonds is 2. The molecule has 8 heteroatoms. The van der Waals surface area contributed by atoms with Gasteiger partial charge in [-0.25, -0.2) is 13.2 Å². The van der Waals surface area contributed by atoms with Crippen LogP contribution in [0.25, 0.3) is 0 Å². The molecule has 0 N–H and O–H groups in total. The highest BCUT2D eigenvalue weighted by molar-refractivity contribution is 8.20. The molecule has 0 saturated carbocycles. The van der Waals surface area contributed by atoms with Crippen molar-refractivity contribution in [3.05, 3.63) is 27.8 Å². The van der Waals surface area contributed by atoms with Crippen molar-refractivity contribution in [1.82, 2.24) is 0 Å². The Hall–Kier alpha value is -0.370. The second kappa shape index (κ2) is 6.17. The lowest BCUT2D eigenvalue weighted by Gasteiger charge is -2.36. The lowest BCUT2D eigenvalue weighted by molar-refractivity contribution is 0.0525. The van der Waals surface area contributed by atoms with E-state index in [2.05, 4.69) is 0 Å². The topological polar surface area (TPSA) is 60.4 Å². The molecular formula is C15H17ClO4S3. The normalized spacial score (nSPS) is 21.2. The van der Waals surface area contributed by atoms with Gasteiger partial charge < -0.3 is 4.74 Å². The highest BCUT2D eigenvalue weighted by Crippen LogP contribution is 2.60. The maximum absolute atomic E-state index is 12.6. The lowest BCUT2D eigenvalue weighted by Crippen LogP contribution is -2.31. The Labute approximate surface area is 149 Å². The van der Waals surface area contributed by atoms with Crippen molar-refractivity contribution in [2.75, 3.05) is 23.9 Å². The summed E-state index contributed by atoms with van der Waals surface area (Å²) < 4.78 is 29.9. The highest BCUT2D eigenvalue weighted by atomic mass is 35.5. The molecule has 2 aliphatic rings. The van der Waals surface area contributed by atoms with E-state index in [-0.39, 0.29) is 26.4 Å². The van der Waals surface area contributed by atoms with Gasteiger partial charge in [0.1, 0.15) is 0 Å². The van der Waals surface area contributed by atoms with Crippen LogP contribution in [0, 0.1) is 6.92 Å². The van der Waals surface area contributed by atoms with Crippen LogP contribution in [0.5, 0.6) is 0 Å². The Morgan fingerprint density at radius 2 is 2.04 bits per heavy atom. The monoisotopic (exact) mass is 392 g/mol. The molecule has 1 aromatic carbocycles. The minimum atomic E-state index is -3.42. The maximum Gasteiger partial charge on any atom is 0.338 e. The summed E-state index contributed by atoms with van der Waals surface area (Å²) in [6.07, 6.45) is 0.543. The largest absolute Gasteiger partial charge is 0.462 e. The molecule has 2 heterocycles. The van der Waals surface area contributed by atoms with E-state index in [1.807, 2.05) is 0 Å². The van der Waals surface area contributed by atoms with Crippen LogP contribution < -0.4 is 0 Å². The van der Waals surface area contributed by atoms with Gasteiger partial charge in [-0.1, -0.05) is 11.6 Å². The van der Waals surface area contributed by atoms with Crippen molar-refractivity contribution < 1.29 is 17.9 Å². The van der Waals surface area contributed by atoms with Gasteiger partial charge in [-0.15, -0.1) is 23.5 Å². The van der Waals surface area contributed by atoms with E-state index in [4.69, 9.17) is 16.3 Å². The predicted molar refractivity (Wildman–Crippen MR) is 95.4 cm³/mol. The third-order valence-electron chi connectivity index (χ3n) is 4.13. The summed E-state index contributed by atoms with van der Waals surface area (Å²) in [5.41, 5.74) is 1.74. The molecule has 0 amide bonds. The molecule has 2 aliphatic heterocycles. The molecule has 1 fully saturated rings. The molecule has 1 saturated heterocycles. The van der Waals surface area contributed by atoms with Gasteiger partial charge in [-0.05, 0) is 31.9 Å². The number of hydrogen-bond donors (Lipinski definition) is 0. The zero-order valence-electron chi connectivity index (χ0n) is 12.8. The number of fused-ring (bicyclic) bond motifs is 2.